The molecule has 0 atom stereocenters. The average Bonchev–Trinajstić information content (AvgIpc) is 3.06. The van der Waals surface area contributed by atoms with E-state index in [1.165, 1.54) is 21.7 Å². The molecule has 0 radical (unpaired) electrons. The second-order valence-electron chi connectivity index (χ2n) is 8.38. The zero-order valence-corrected chi connectivity index (χ0v) is 19.4. The van der Waals surface area contributed by atoms with Crippen LogP contribution in [0.4, 0.5) is 5.69 Å². The second kappa shape index (κ2) is 9.07. The van der Waals surface area contributed by atoms with Gasteiger partial charge < -0.3 is 14.5 Å². The highest BCUT2D eigenvalue weighted by Gasteiger charge is 2.42. The molecule has 0 bridgehead atoms. The number of amides is 2. The average molecular weight is 434 g/mol. The van der Waals surface area contributed by atoms with Gasteiger partial charge in [0.25, 0.3) is 11.8 Å². The van der Waals surface area contributed by atoms with Gasteiger partial charge in [0.1, 0.15) is 11.4 Å². The van der Waals surface area contributed by atoms with Crippen molar-refractivity contribution in [2.24, 2.45) is 0 Å². The van der Waals surface area contributed by atoms with E-state index in [0.717, 1.165) is 19.5 Å². The molecule has 2 aromatic carbocycles. The first-order valence-electron chi connectivity index (χ1n) is 11.3. The van der Waals surface area contributed by atoms with E-state index >= 15 is 0 Å². The fourth-order valence-corrected chi connectivity index (χ4v) is 4.63. The van der Waals surface area contributed by atoms with Crippen molar-refractivity contribution < 1.29 is 14.3 Å². The van der Waals surface area contributed by atoms with E-state index in [-0.39, 0.29) is 11.8 Å². The van der Waals surface area contributed by atoms with Crippen LogP contribution in [0.25, 0.3) is 5.57 Å². The number of imide groups is 1. The fourth-order valence-electron chi connectivity index (χ4n) is 4.63. The van der Waals surface area contributed by atoms with Crippen molar-refractivity contribution in [1.29, 1.82) is 0 Å². The third kappa shape index (κ3) is 3.74. The Morgan fingerprint density at radius 2 is 1.56 bits per heavy atom. The van der Waals surface area contributed by atoms with Gasteiger partial charge in [0.05, 0.1) is 12.7 Å². The van der Waals surface area contributed by atoms with Crippen LogP contribution in [0.2, 0.25) is 0 Å². The van der Waals surface area contributed by atoms with Crippen LogP contribution in [0.5, 0.6) is 5.75 Å². The third-order valence-corrected chi connectivity index (χ3v) is 6.48. The minimum atomic E-state index is -0.228. The Kier molecular flexibility index (Phi) is 6.21. The Bertz CT molecular complexity index is 1070. The number of carbonyl (C=O) groups excluding carboxylic acids is 2. The molecule has 32 heavy (non-hydrogen) atoms. The summed E-state index contributed by atoms with van der Waals surface area (Å²) in [6.07, 6.45) is 0.727. The number of anilines is 1. The van der Waals surface area contributed by atoms with Gasteiger partial charge in [-0.25, -0.2) is 0 Å². The molecule has 0 N–H and O–H groups in total. The van der Waals surface area contributed by atoms with Crippen LogP contribution in [0.1, 0.15) is 30.0 Å². The first-order valence-corrected chi connectivity index (χ1v) is 11.3. The third-order valence-electron chi connectivity index (χ3n) is 6.48. The molecular weight excluding hydrogens is 402 g/mol. The highest BCUT2D eigenvalue weighted by atomic mass is 16.5. The molecule has 1 saturated heterocycles. The van der Waals surface area contributed by atoms with Crippen molar-refractivity contribution in [1.82, 2.24) is 9.80 Å². The highest BCUT2D eigenvalue weighted by Crippen LogP contribution is 2.37. The first kappa shape index (κ1) is 21.9. The zero-order chi connectivity index (χ0) is 22.8. The van der Waals surface area contributed by atoms with Gasteiger partial charge in [-0.2, -0.15) is 0 Å². The lowest BCUT2D eigenvalue weighted by molar-refractivity contribution is -0.137. The van der Waals surface area contributed by atoms with Crippen LogP contribution in [0.3, 0.4) is 0 Å². The molecule has 2 aliphatic heterocycles. The Hall–Kier alpha value is -3.28. The van der Waals surface area contributed by atoms with E-state index in [2.05, 4.69) is 41.8 Å². The number of ether oxygens (including phenoxy) is 1. The summed E-state index contributed by atoms with van der Waals surface area (Å²) in [5.41, 5.74) is 5.45. The molecule has 168 valence electrons. The number of piperazine rings is 1. The maximum absolute atomic E-state index is 13.4. The lowest BCUT2D eigenvalue weighted by Crippen LogP contribution is -2.48. The van der Waals surface area contributed by atoms with Gasteiger partial charge in [-0.1, -0.05) is 37.3 Å². The van der Waals surface area contributed by atoms with Crippen LogP contribution >= 0.6 is 0 Å². The molecule has 0 aliphatic carbocycles. The van der Waals surface area contributed by atoms with Crippen molar-refractivity contribution in [3.8, 4) is 5.75 Å². The number of nitrogens with zero attached hydrogens (tertiary/aromatic N) is 3. The van der Waals surface area contributed by atoms with Gasteiger partial charge in [0.15, 0.2) is 0 Å². The maximum Gasteiger partial charge on any atom is 0.277 e. The van der Waals surface area contributed by atoms with Gasteiger partial charge in [0, 0.05) is 44.0 Å². The number of rotatable bonds is 6. The van der Waals surface area contributed by atoms with E-state index in [9.17, 15) is 9.59 Å². The topological polar surface area (TPSA) is 53.1 Å². The molecule has 2 amide bonds. The van der Waals surface area contributed by atoms with E-state index < -0.39 is 0 Å². The Morgan fingerprint density at radius 3 is 2.25 bits per heavy atom. The molecule has 4 rings (SSSR count). The van der Waals surface area contributed by atoms with Crippen LogP contribution in [0.15, 0.2) is 48.2 Å². The van der Waals surface area contributed by atoms with Crippen molar-refractivity contribution in [3.63, 3.8) is 0 Å². The molecule has 2 aromatic rings. The number of para-hydroxylation sites is 1. The van der Waals surface area contributed by atoms with Crippen molar-refractivity contribution in [2.75, 3.05) is 44.7 Å². The second-order valence-corrected chi connectivity index (χ2v) is 8.38. The van der Waals surface area contributed by atoms with E-state index in [4.69, 9.17) is 4.74 Å². The molecule has 2 heterocycles. The predicted octanol–water partition coefficient (Wildman–Crippen LogP) is 3.62. The van der Waals surface area contributed by atoms with Gasteiger partial charge in [-0.3, -0.25) is 14.5 Å². The van der Waals surface area contributed by atoms with Crippen LogP contribution in [0, 0.1) is 13.8 Å². The molecule has 0 aromatic heterocycles. The lowest BCUT2D eigenvalue weighted by Gasteiger charge is -2.38. The van der Waals surface area contributed by atoms with E-state index in [1.54, 1.807) is 7.11 Å². The van der Waals surface area contributed by atoms with Crippen molar-refractivity contribution in [3.05, 3.63) is 64.9 Å². The first-order chi connectivity index (χ1) is 15.5. The number of aryl methyl sites for hydroxylation is 1. The molecule has 0 spiro atoms. The zero-order valence-electron chi connectivity index (χ0n) is 19.4. The molecule has 1 fully saturated rings. The predicted molar refractivity (Wildman–Crippen MR) is 127 cm³/mol. The van der Waals surface area contributed by atoms with Crippen LogP contribution in [-0.2, 0) is 9.59 Å². The number of carbonyl (C=O) groups is 2. The number of methoxy groups -OCH3 is 1. The van der Waals surface area contributed by atoms with Gasteiger partial charge >= 0.3 is 0 Å². The molecule has 0 saturated carbocycles. The summed E-state index contributed by atoms with van der Waals surface area (Å²) in [5.74, 6) is 0.180. The summed E-state index contributed by atoms with van der Waals surface area (Å²) in [4.78, 5) is 32.6. The van der Waals surface area contributed by atoms with Crippen LogP contribution < -0.4 is 9.64 Å². The molecular formula is C26H31N3O3. The van der Waals surface area contributed by atoms with Crippen LogP contribution in [-0.4, -0.2) is 61.4 Å². The summed E-state index contributed by atoms with van der Waals surface area (Å²) in [7, 11) is 1.59. The summed E-state index contributed by atoms with van der Waals surface area (Å²) in [5, 5.41) is 0. The number of hydrogen-bond donors (Lipinski definition) is 0. The van der Waals surface area contributed by atoms with Gasteiger partial charge in [-0.05, 0) is 43.5 Å². The largest absolute Gasteiger partial charge is 0.496 e. The van der Waals surface area contributed by atoms with Gasteiger partial charge in [-0.15, -0.1) is 0 Å². The smallest absolute Gasteiger partial charge is 0.277 e. The normalized spacial score (nSPS) is 16.9. The molecule has 6 heteroatoms. The molecule has 6 nitrogen and oxygen atoms in total. The standard InChI is InChI=1S/C26H31N3O3/c1-5-13-29-25(30)23(20-10-6-7-12-22(20)32-4)24(26(29)31)28-16-14-27(15-17-28)21-11-8-9-18(2)19(21)3/h6-12H,5,13-17H2,1-4H3. The molecule has 0 unspecified atom stereocenters. The summed E-state index contributed by atoms with van der Waals surface area (Å²) in [6, 6.07) is 13.8. The summed E-state index contributed by atoms with van der Waals surface area (Å²) < 4.78 is 5.53. The Labute approximate surface area is 190 Å². The van der Waals surface area contributed by atoms with E-state index in [1.807, 2.05) is 31.2 Å². The number of benzene rings is 2. The minimum absolute atomic E-state index is 0.196. The Balaban J connectivity index is 1.68. The monoisotopic (exact) mass is 433 g/mol. The summed E-state index contributed by atoms with van der Waals surface area (Å²) >= 11 is 0. The maximum atomic E-state index is 13.4. The number of hydrogen-bond acceptors (Lipinski definition) is 5. The summed E-state index contributed by atoms with van der Waals surface area (Å²) in [6.45, 7) is 9.63. The lowest BCUT2D eigenvalue weighted by atomic mass is 10.0. The van der Waals surface area contributed by atoms with Crippen molar-refractivity contribution >= 4 is 23.1 Å². The van der Waals surface area contributed by atoms with E-state index in [0.29, 0.717) is 42.2 Å². The quantitative estimate of drug-likeness (QED) is 0.652. The van der Waals surface area contributed by atoms with Gasteiger partial charge in [0.2, 0.25) is 0 Å². The minimum Gasteiger partial charge on any atom is -0.496 e. The van der Waals surface area contributed by atoms with Crippen molar-refractivity contribution in [2.45, 2.75) is 27.2 Å². The molecule has 2 aliphatic rings. The Morgan fingerprint density at radius 1 is 0.875 bits per heavy atom. The SMILES string of the molecule is CCCN1C(=O)C(c2ccccc2OC)=C(N2CCN(c3cccc(C)c3C)CC2)C1=O. The highest BCUT2D eigenvalue weighted by molar-refractivity contribution is 6.36. The fraction of sp³-hybridized carbons (Fsp3) is 0.385.